The van der Waals surface area contributed by atoms with Crippen molar-refractivity contribution in [3.05, 3.63) is 36.0 Å². The molecule has 1 saturated heterocycles. The molecule has 1 aromatic heterocycles. The number of nitrogens with zero attached hydrogens (tertiary/aromatic N) is 2. The van der Waals surface area contributed by atoms with Gasteiger partial charge in [-0.3, -0.25) is 4.98 Å². The average molecular weight is 307 g/mol. The topological polar surface area (TPSA) is 16.1 Å². The van der Waals surface area contributed by atoms with Crippen LogP contribution < -0.4 is 4.90 Å². The standard InChI is InChI=1S/C16H19ClN2S/c1-11-9-19(10-12(2)20-11)16-7-13(8-17)18-15-6-4-3-5-14(15)16/h3-7,11-12H,8-10H2,1-2H3. The summed E-state index contributed by atoms with van der Waals surface area (Å²) >= 11 is 8.08. The molecule has 2 unspecified atom stereocenters. The Bertz CT molecular complexity index is 606. The molecular weight excluding hydrogens is 288 g/mol. The molecule has 0 amide bonds. The smallest absolute Gasteiger partial charge is 0.0726 e. The van der Waals surface area contributed by atoms with Gasteiger partial charge in [0, 0.05) is 34.7 Å². The van der Waals surface area contributed by atoms with Crippen LogP contribution in [0, 0.1) is 0 Å². The molecule has 3 rings (SSSR count). The van der Waals surface area contributed by atoms with Gasteiger partial charge in [0.2, 0.25) is 0 Å². The SMILES string of the molecule is CC1CN(c2cc(CCl)nc3ccccc23)CC(C)S1. The largest absolute Gasteiger partial charge is 0.369 e. The number of halogens is 1. The first kappa shape index (κ1) is 14.0. The Kier molecular flexibility index (Phi) is 4.08. The van der Waals surface area contributed by atoms with Crippen molar-refractivity contribution in [1.82, 2.24) is 4.98 Å². The number of hydrogen-bond donors (Lipinski definition) is 0. The lowest BCUT2D eigenvalue weighted by atomic mass is 10.1. The van der Waals surface area contributed by atoms with Crippen molar-refractivity contribution in [2.45, 2.75) is 30.2 Å². The van der Waals surface area contributed by atoms with Crippen molar-refractivity contribution in [2.24, 2.45) is 0 Å². The van der Waals surface area contributed by atoms with Crippen molar-refractivity contribution in [2.75, 3.05) is 18.0 Å². The Morgan fingerprint density at radius 2 is 1.95 bits per heavy atom. The molecule has 0 saturated carbocycles. The molecular formula is C16H19ClN2S. The number of para-hydroxylation sites is 1. The Hall–Kier alpha value is -0.930. The van der Waals surface area contributed by atoms with Crippen LogP contribution in [-0.2, 0) is 5.88 Å². The van der Waals surface area contributed by atoms with E-state index in [0.29, 0.717) is 16.4 Å². The molecule has 0 N–H and O–H groups in total. The van der Waals surface area contributed by atoms with E-state index in [9.17, 15) is 0 Å². The van der Waals surface area contributed by atoms with Crippen molar-refractivity contribution in [3.8, 4) is 0 Å². The molecule has 1 aromatic carbocycles. The van der Waals surface area contributed by atoms with E-state index < -0.39 is 0 Å². The second-order valence-corrected chi connectivity index (χ2v) is 7.59. The van der Waals surface area contributed by atoms with Crippen LogP contribution in [-0.4, -0.2) is 28.6 Å². The first-order chi connectivity index (χ1) is 9.67. The van der Waals surface area contributed by atoms with E-state index in [1.165, 1.54) is 11.1 Å². The number of thioether (sulfide) groups is 1. The molecule has 1 aliphatic heterocycles. The molecule has 0 aliphatic carbocycles. The summed E-state index contributed by atoms with van der Waals surface area (Å²) in [5, 5.41) is 2.54. The number of aromatic nitrogens is 1. The first-order valence-electron chi connectivity index (χ1n) is 7.02. The normalized spacial score (nSPS) is 23.2. The van der Waals surface area contributed by atoms with Gasteiger partial charge in [0.25, 0.3) is 0 Å². The third kappa shape index (κ3) is 2.75. The van der Waals surface area contributed by atoms with Gasteiger partial charge in [-0.2, -0.15) is 11.8 Å². The number of alkyl halides is 1. The van der Waals surface area contributed by atoms with Gasteiger partial charge >= 0.3 is 0 Å². The van der Waals surface area contributed by atoms with E-state index in [1.54, 1.807) is 0 Å². The molecule has 20 heavy (non-hydrogen) atoms. The number of rotatable bonds is 2. The van der Waals surface area contributed by atoms with Gasteiger partial charge in [-0.25, -0.2) is 0 Å². The summed E-state index contributed by atoms with van der Waals surface area (Å²) in [5.41, 5.74) is 3.28. The van der Waals surface area contributed by atoms with Crippen molar-refractivity contribution in [3.63, 3.8) is 0 Å². The predicted molar refractivity (Wildman–Crippen MR) is 90.0 cm³/mol. The van der Waals surface area contributed by atoms with Crippen LogP contribution in [0.5, 0.6) is 0 Å². The molecule has 1 aliphatic rings. The predicted octanol–water partition coefficient (Wildman–Crippen LogP) is 4.30. The highest BCUT2D eigenvalue weighted by molar-refractivity contribution is 8.00. The van der Waals surface area contributed by atoms with E-state index in [2.05, 4.69) is 59.8 Å². The summed E-state index contributed by atoms with van der Waals surface area (Å²) in [6.45, 7) is 6.79. The van der Waals surface area contributed by atoms with Crippen LogP contribution in [0.25, 0.3) is 10.9 Å². The van der Waals surface area contributed by atoms with Gasteiger partial charge < -0.3 is 4.90 Å². The van der Waals surface area contributed by atoms with Gasteiger partial charge in [-0.05, 0) is 12.1 Å². The summed E-state index contributed by atoms with van der Waals surface area (Å²) in [4.78, 5) is 7.12. The van der Waals surface area contributed by atoms with E-state index in [1.807, 2.05) is 6.07 Å². The molecule has 106 valence electrons. The van der Waals surface area contributed by atoms with Gasteiger partial charge in [-0.1, -0.05) is 32.0 Å². The Morgan fingerprint density at radius 1 is 1.25 bits per heavy atom. The highest BCUT2D eigenvalue weighted by atomic mass is 35.5. The Morgan fingerprint density at radius 3 is 2.65 bits per heavy atom. The lowest BCUT2D eigenvalue weighted by Crippen LogP contribution is -2.40. The minimum Gasteiger partial charge on any atom is -0.369 e. The maximum atomic E-state index is 6.01. The molecule has 0 radical (unpaired) electrons. The number of hydrogen-bond acceptors (Lipinski definition) is 3. The molecule has 4 heteroatoms. The van der Waals surface area contributed by atoms with Crippen molar-refractivity contribution >= 4 is 40.0 Å². The number of pyridine rings is 1. The lowest BCUT2D eigenvalue weighted by molar-refractivity contribution is 0.730. The van der Waals surface area contributed by atoms with E-state index in [0.717, 1.165) is 24.3 Å². The van der Waals surface area contributed by atoms with Gasteiger partial charge in [-0.15, -0.1) is 11.6 Å². The zero-order valence-corrected chi connectivity index (χ0v) is 13.4. The number of fused-ring (bicyclic) bond motifs is 1. The molecule has 2 nitrogen and oxygen atoms in total. The Labute approximate surface area is 129 Å². The highest BCUT2D eigenvalue weighted by Gasteiger charge is 2.24. The number of anilines is 1. The van der Waals surface area contributed by atoms with Crippen LogP contribution in [0.15, 0.2) is 30.3 Å². The van der Waals surface area contributed by atoms with Crippen LogP contribution >= 0.6 is 23.4 Å². The van der Waals surface area contributed by atoms with Crippen LogP contribution in [0.4, 0.5) is 5.69 Å². The van der Waals surface area contributed by atoms with Gasteiger partial charge in [0.05, 0.1) is 17.1 Å². The van der Waals surface area contributed by atoms with E-state index in [4.69, 9.17) is 11.6 Å². The zero-order chi connectivity index (χ0) is 14.1. The second-order valence-electron chi connectivity index (χ2n) is 5.45. The van der Waals surface area contributed by atoms with E-state index in [-0.39, 0.29) is 0 Å². The zero-order valence-electron chi connectivity index (χ0n) is 11.8. The quantitative estimate of drug-likeness (QED) is 0.769. The highest BCUT2D eigenvalue weighted by Crippen LogP contribution is 2.33. The third-order valence-electron chi connectivity index (χ3n) is 3.64. The molecule has 2 heterocycles. The summed E-state index contributed by atoms with van der Waals surface area (Å²) in [6.07, 6.45) is 0. The maximum Gasteiger partial charge on any atom is 0.0726 e. The fraction of sp³-hybridized carbons (Fsp3) is 0.438. The van der Waals surface area contributed by atoms with Gasteiger partial charge in [0.1, 0.15) is 0 Å². The van der Waals surface area contributed by atoms with E-state index >= 15 is 0 Å². The molecule has 0 spiro atoms. The monoisotopic (exact) mass is 306 g/mol. The second kappa shape index (κ2) is 5.82. The Balaban J connectivity index is 2.09. The van der Waals surface area contributed by atoms with Gasteiger partial charge in [0.15, 0.2) is 0 Å². The molecule has 1 fully saturated rings. The van der Waals surface area contributed by atoms with Crippen LogP contribution in [0.2, 0.25) is 0 Å². The maximum absolute atomic E-state index is 6.01. The van der Waals surface area contributed by atoms with Crippen molar-refractivity contribution in [1.29, 1.82) is 0 Å². The number of benzene rings is 1. The summed E-state index contributed by atoms with van der Waals surface area (Å²) in [6, 6.07) is 10.5. The van der Waals surface area contributed by atoms with Crippen LogP contribution in [0.3, 0.4) is 0 Å². The van der Waals surface area contributed by atoms with Crippen LogP contribution in [0.1, 0.15) is 19.5 Å². The minimum atomic E-state index is 0.464. The summed E-state index contributed by atoms with van der Waals surface area (Å²) < 4.78 is 0. The third-order valence-corrected chi connectivity index (χ3v) is 5.15. The molecule has 0 bridgehead atoms. The summed E-state index contributed by atoms with van der Waals surface area (Å²) in [5.74, 6) is 0.464. The molecule has 2 aromatic rings. The summed E-state index contributed by atoms with van der Waals surface area (Å²) in [7, 11) is 0. The fourth-order valence-corrected chi connectivity index (χ4v) is 4.38. The lowest BCUT2D eigenvalue weighted by Gasteiger charge is -2.37. The fourth-order valence-electron chi connectivity index (χ4n) is 2.91. The average Bonchev–Trinajstić information content (AvgIpc) is 2.45. The first-order valence-corrected chi connectivity index (χ1v) is 8.50. The molecule has 2 atom stereocenters. The van der Waals surface area contributed by atoms with Crippen molar-refractivity contribution < 1.29 is 0 Å². The minimum absolute atomic E-state index is 0.464.